The first-order valence-electron chi connectivity index (χ1n) is 8.66. The number of nitrogens with zero attached hydrogens (tertiary/aromatic N) is 2. The number of hydrogen-bond donors (Lipinski definition) is 1. The van der Waals surface area contributed by atoms with E-state index in [1.54, 1.807) is 30.9 Å². The molecule has 0 atom stereocenters. The first kappa shape index (κ1) is 18.3. The average molecular weight is 359 g/mol. The number of carbonyl (C=O) groups excluding carboxylic acids is 1. The highest BCUT2D eigenvalue weighted by molar-refractivity contribution is 5.92. The molecule has 0 aliphatic carbocycles. The van der Waals surface area contributed by atoms with Gasteiger partial charge in [-0.3, -0.25) is 9.59 Å². The third-order valence-electron chi connectivity index (χ3n) is 4.70. The first-order chi connectivity index (χ1) is 12.5. The van der Waals surface area contributed by atoms with Crippen LogP contribution in [0.25, 0.3) is 0 Å². The molecule has 1 aromatic heterocycles. The third kappa shape index (κ3) is 3.99. The second kappa shape index (κ2) is 7.78. The van der Waals surface area contributed by atoms with Crippen LogP contribution in [0.1, 0.15) is 40.3 Å². The van der Waals surface area contributed by atoms with Gasteiger partial charge in [0.15, 0.2) is 5.69 Å². The maximum atomic E-state index is 13.2. The molecule has 2 heterocycles. The Morgan fingerprint density at radius 2 is 1.92 bits per heavy atom. The van der Waals surface area contributed by atoms with E-state index >= 15 is 0 Å². The molecule has 1 amide bonds. The van der Waals surface area contributed by atoms with Gasteiger partial charge in [-0.1, -0.05) is 12.1 Å². The summed E-state index contributed by atoms with van der Waals surface area (Å²) in [6.45, 7) is 4.91. The van der Waals surface area contributed by atoms with Crippen LogP contribution in [-0.2, 0) is 11.3 Å². The standard InChI is InChI=1S/C19H22FN3O3/c1-12-13(2)22-18(24)17(21-12)19(25)23(16-7-9-26-10-8-16)11-14-3-5-15(20)6-4-14/h3-6,16H,7-11H2,1-2H3,(H,22,24). The fourth-order valence-electron chi connectivity index (χ4n) is 3.05. The number of H-pyrrole nitrogens is 1. The summed E-state index contributed by atoms with van der Waals surface area (Å²) in [5.41, 5.74) is 1.45. The van der Waals surface area contributed by atoms with Crippen molar-refractivity contribution in [1.82, 2.24) is 14.9 Å². The maximum absolute atomic E-state index is 13.2. The first-order valence-corrected chi connectivity index (χ1v) is 8.66. The average Bonchev–Trinajstić information content (AvgIpc) is 2.64. The Morgan fingerprint density at radius 1 is 1.27 bits per heavy atom. The molecule has 138 valence electrons. The van der Waals surface area contributed by atoms with Crippen molar-refractivity contribution in [3.05, 3.63) is 63.1 Å². The summed E-state index contributed by atoms with van der Waals surface area (Å²) in [6.07, 6.45) is 1.38. The topological polar surface area (TPSA) is 75.3 Å². The van der Waals surface area contributed by atoms with Gasteiger partial charge in [-0.15, -0.1) is 0 Å². The highest BCUT2D eigenvalue weighted by atomic mass is 19.1. The second-order valence-electron chi connectivity index (χ2n) is 6.53. The van der Waals surface area contributed by atoms with Gasteiger partial charge in [0.1, 0.15) is 5.82 Å². The summed E-state index contributed by atoms with van der Waals surface area (Å²) in [7, 11) is 0. The number of aromatic amines is 1. The van der Waals surface area contributed by atoms with Gasteiger partial charge in [-0.2, -0.15) is 0 Å². The van der Waals surface area contributed by atoms with Crippen LogP contribution < -0.4 is 5.56 Å². The molecule has 0 unspecified atom stereocenters. The van der Waals surface area contributed by atoms with Crippen LogP contribution in [0.2, 0.25) is 0 Å². The van der Waals surface area contributed by atoms with E-state index in [9.17, 15) is 14.0 Å². The smallest absolute Gasteiger partial charge is 0.279 e. The molecular formula is C19H22FN3O3. The molecule has 1 aliphatic rings. The fourth-order valence-corrected chi connectivity index (χ4v) is 3.05. The zero-order chi connectivity index (χ0) is 18.7. The number of benzene rings is 1. The van der Waals surface area contributed by atoms with Gasteiger partial charge in [0, 0.05) is 31.5 Å². The Hall–Kier alpha value is -2.54. The van der Waals surface area contributed by atoms with Crippen molar-refractivity contribution in [2.24, 2.45) is 0 Å². The fraction of sp³-hybridized carbons (Fsp3) is 0.421. The second-order valence-corrected chi connectivity index (χ2v) is 6.53. The largest absolute Gasteiger partial charge is 0.381 e. The number of carbonyl (C=O) groups is 1. The van der Waals surface area contributed by atoms with Crippen molar-refractivity contribution >= 4 is 5.91 Å². The number of aromatic nitrogens is 2. The molecular weight excluding hydrogens is 337 g/mol. The van der Waals surface area contributed by atoms with E-state index in [1.807, 2.05) is 0 Å². The number of aryl methyl sites for hydroxylation is 2. The summed E-state index contributed by atoms with van der Waals surface area (Å²) < 4.78 is 18.6. The van der Waals surface area contributed by atoms with Crippen LogP contribution in [0.15, 0.2) is 29.1 Å². The SMILES string of the molecule is Cc1nc(C(=O)N(Cc2ccc(F)cc2)C2CCOCC2)c(=O)[nH]c1C. The molecule has 26 heavy (non-hydrogen) atoms. The Bertz CT molecular complexity index is 842. The normalized spacial score (nSPS) is 15.0. The van der Waals surface area contributed by atoms with Crippen molar-refractivity contribution in [2.75, 3.05) is 13.2 Å². The van der Waals surface area contributed by atoms with Crippen molar-refractivity contribution in [3.8, 4) is 0 Å². The number of hydrogen-bond acceptors (Lipinski definition) is 4. The van der Waals surface area contributed by atoms with Crippen LogP contribution >= 0.6 is 0 Å². The zero-order valence-electron chi connectivity index (χ0n) is 14.9. The zero-order valence-corrected chi connectivity index (χ0v) is 14.9. The highest BCUT2D eigenvalue weighted by Gasteiger charge is 2.29. The maximum Gasteiger partial charge on any atom is 0.279 e. The molecule has 7 heteroatoms. The van der Waals surface area contributed by atoms with Crippen LogP contribution in [-0.4, -0.2) is 40.0 Å². The molecule has 6 nitrogen and oxygen atoms in total. The lowest BCUT2D eigenvalue weighted by Gasteiger charge is -2.34. The van der Waals surface area contributed by atoms with E-state index in [0.717, 1.165) is 5.56 Å². The van der Waals surface area contributed by atoms with E-state index in [-0.39, 0.29) is 24.1 Å². The van der Waals surface area contributed by atoms with Gasteiger partial charge in [0.2, 0.25) is 0 Å². The number of rotatable bonds is 4. The van der Waals surface area contributed by atoms with Gasteiger partial charge >= 0.3 is 0 Å². The molecule has 1 N–H and O–H groups in total. The lowest BCUT2D eigenvalue weighted by Crippen LogP contribution is -2.45. The van der Waals surface area contributed by atoms with E-state index in [4.69, 9.17) is 4.74 Å². The molecule has 0 radical (unpaired) electrons. The Labute approximate surface area is 151 Å². The minimum atomic E-state index is -0.491. The van der Waals surface area contributed by atoms with E-state index < -0.39 is 11.5 Å². The quantitative estimate of drug-likeness (QED) is 0.909. The minimum Gasteiger partial charge on any atom is -0.381 e. The number of ether oxygens (including phenoxy) is 1. The lowest BCUT2D eigenvalue weighted by atomic mass is 10.0. The molecule has 1 fully saturated rings. The third-order valence-corrected chi connectivity index (χ3v) is 4.70. The van der Waals surface area contributed by atoms with Crippen LogP contribution in [0.3, 0.4) is 0 Å². The molecule has 0 saturated carbocycles. The molecule has 3 rings (SSSR count). The Balaban J connectivity index is 1.93. The summed E-state index contributed by atoms with van der Waals surface area (Å²) in [6, 6.07) is 5.97. The summed E-state index contributed by atoms with van der Waals surface area (Å²) in [5.74, 6) is -0.740. The van der Waals surface area contributed by atoms with Gasteiger partial charge < -0.3 is 14.6 Å². The number of nitrogens with one attached hydrogen (secondary N) is 1. The lowest BCUT2D eigenvalue weighted by molar-refractivity contribution is 0.0262. The van der Waals surface area contributed by atoms with Crippen LogP contribution in [0.5, 0.6) is 0 Å². The van der Waals surface area contributed by atoms with Crippen molar-refractivity contribution in [2.45, 2.75) is 39.3 Å². The van der Waals surface area contributed by atoms with Gasteiger partial charge in [0.25, 0.3) is 11.5 Å². The minimum absolute atomic E-state index is 0.0517. The number of amides is 1. The van der Waals surface area contributed by atoms with Crippen molar-refractivity contribution in [1.29, 1.82) is 0 Å². The Morgan fingerprint density at radius 3 is 2.58 bits per heavy atom. The molecule has 0 bridgehead atoms. The van der Waals surface area contributed by atoms with Gasteiger partial charge in [-0.05, 0) is 44.4 Å². The molecule has 0 spiro atoms. The van der Waals surface area contributed by atoms with Gasteiger partial charge in [0.05, 0.1) is 5.69 Å². The van der Waals surface area contributed by atoms with E-state index in [1.165, 1.54) is 12.1 Å². The summed E-state index contributed by atoms with van der Waals surface area (Å²) >= 11 is 0. The predicted octanol–water partition coefficient (Wildman–Crippen LogP) is 2.35. The van der Waals surface area contributed by atoms with Crippen molar-refractivity contribution in [3.63, 3.8) is 0 Å². The molecule has 1 aliphatic heterocycles. The van der Waals surface area contributed by atoms with E-state index in [2.05, 4.69) is 9.97 Å². The van der Waals surface area contributed by atoms with Crippen LogP contribution in [0, 0.1) is 19.7 Å². The van der Waals surface area contributed by atoms with E-state index in [0.29, 0.717) is 37.4 Å². The molecule has 1 saturated heterocycles. The van der Waals surface area contributed by atoms with Gasteiger partial charge in [-0.25, -0.2) is 9.37 Å². The summed E-state index contributed by atoms with van der Waals surface area (Å²) in [4.78, 5) is 34.0. The molecule has 1 aromatic carbocycles. The predicted molar refractivity (Wildman–Crippen MR) is 94.4 cm³/mol. The monoisotopic (exact) mass is 359 g/mol. The number of halogens is 1. The van der Waals surface area contributed by atoms with Crippen LogP contribution in [0.4, 0.5) is 4.39 Å². The Kier molecular flexibility index (Phi) is 5.46. The highest BCUT2D eigenvalue weighted by Crippen LogP contribution is 2.19. The summed E-state index contributed by atoms with van der Waals surface area (Å²) in [5, 5.41) is 0. The van der Waals surface area contributed by atoms with Crippen molar-refractivity contribution < 1.29 is 13.9 Å². The molecule has 2 aromatic rings.